The molecule has 0 aliphatic carbocycles. The van der Waals surface area contributed by atoms with E-state index in [9.17, 15) is 0 Å². The van der Waals surface area contributed by atoms with E-state index in [4.69, 9.17) is 4.74 Å². The maximum Gasteiger partial charge on any atom is 0.193 e. The van der Waals surface area contributed by atoms with E-state index >= 15 is 0 Å². The number of ether oxygens (including phenoxy) is 1. The van der Waals surface area contributed by atoms with Gasteiger partial charge in [-0.3, -0.25) is 9.89 Å². The molecule has 1 rings (SSSR count). The Balaban J connectivity index is 0.00000256. The molecule has 1 unspecified atom stereocenters. The molecule has 1 atom stereocenters. The van der Waals surface area contributed by atoms with Gasteiger partial charge in [-0.1, -0.05) is 0 Å². The molecule has 102 valence electrons. The normalized spacial score (nSPS) is 21.2. The van der Waals surface area contributed by atoms with E-state index in [2.05, 4.69) is 15.2 Å². The standard InChI is InChI=1S/C11H24N4O.HI/c1-12-11(14(2)3)13-10-5-6-15(9-10)7-8-16-4;/h10H,5-9H2,1-4H3,(H,12,13);1H. The number of hydrogen-bond donors (Lipinski definition) is 1. The lowest BCUT2D eigenvalue weighted by Crippen LogP contribution is -2.44. The second kappa shape index (κ2) is 8.93. The predicted molar refractivity (Wildman–Crippen MR) is 82.3 cm³/mol. The Hall–Kier alpha value is -0.0800. The first kappa shape index (κ1) is 16.9. The summed E-state index contributed by atoms with van der Waals surface area (Å²) in [6.07, 6.45) is 1.18. The summed E-state index contributed by atoms with van der Waals surface area (Å²) in [5, 5.41) is 3.46. The first-order valence-corrected chi connectivity index (χ1v) is 5.79. The molecule has 0 aromatic carbocycles. The van der Waals surface area contributed by atoms with Crippen LogP contribution in [0.25, 0.3) is 0 Å². The third-order valence-corrected chi connectivity index (χ3v) is 2.85. The molecule has 0 bridgehead atoms. The molecule has 0 radical (unpaired) electrons. The molecule has 5 nitrogen and oxygen atoms in total. The summed E-state index contributed by atoms with van der Waals surface area (Å²) in [5.74, 6) is 0.957. The van der Waals surface area contributed by atoms with Crippen LogP contribution in [0.1, 0.15) is 6.42 Å². The van der Waals surface area contributed by atoms with Gasteiger partial charge in [-0.05, 0) is 6.42 Å². The number of guanidine groups is 1. The second-order valence-electron chi connectivity index (χ2n) is 4.36. The summed E-state index contributed by atoms with van der Waals surface area (Å²) < 4.78 is 5.09. The fourth-order valence-electron chi connectivity index (χ4n) is 1.95. The van der Waals surface area contributed by atoms with Crippen LogP contribution < -0.4 is 5.32 Å². The van der Waals surface area contributed by atoms with Crippen LogP contribution in [0.3, 0.4) is 0 Å². The van der Waals surface area contributed by atoms with Crippen molar-refractivity contribution in [2.45, 2.75) is 12.5 Å². The fourth-order valence-corrected chi connectivity index (χ4v) is 1.95. The van der Waals surface area contributed by atoms with Gasteiger partial charge < -0.3 is 15.0 Å². The van der Waals surface area contributed by atoms with Crippen molar-refractivity contribution in [3.63, 3.8) is 0 Å². The first-order valence-electron chi connectivity index (χ1n) is 5.79. The number of nitrogens with one attached hydrogen (secondary N) is 1. The van der Waals surface area contributed by atoms with Gasteiger partial charge in [0.15, 0.2) is 5.96 Å². The molecule has 1 saturated heterocycles. The van der Waals surface area contributed by atoms with Gasteiger partial charge in [0.2, 0.25) is 0 Å². The summed E-state index contributed by atoms with van der Waals surface area (Å²) in [6, 6.07) is 0.512. The number of methoxy groups -OCH3 is 1. The average Bonchev–Trinajstić information content (AvgIpc) is 2.70. The Kier molecular flexibility index (Phi) is 8.89. The van der Waals surface area contributed by atoms with Crippen LogP contribution in [-0.2, 0) is 4.74 Å². The van der Waals surface area contributed by atoms with Crippen LogP contribution in [0.4, 0.5) is 0 Å². The molecule has 0 amide bonds. The smallest absolute Gasteiger partial charge is 0.193 e. The Labute approximate surface area is 122 Å². The summed E-state index contributed by atoms with van der Waals surface area (Å²) in [5.41, 5.74) is 0. The Bertz CT molecular complexity index is 236. The fraction of sp³-hybridized carbons (Fsp3) is 0.909. The maximum absolute atomic E-state index is 5.09. The van der Waals surface area contributed by atoms with Crippen molar-refractivity contribution >= 4 is 29.9 Å². The third-order valence-electron chi connectivity index (χ3n) is 2.85. The SMILES string of the molecule is CN=C(NC1CCN(CCOC)C1)N(C)C.I. The van der Waals surface area contributed by atoms with Crippen molar-refractivity contribution in [3.05, 3.63) is 0 Å². The number of aliphatic imine (C=N–C) groups is 1. The van der Waals surface area contributed by atoms with Gasteiger partial charge in [0.1, 0.15) is 0 Å². The molecule has 1 heterocycles. The molecule has 1 aliphatic heterocycles. The summed E-state index contributed by atoms with van der Waals surface area (Å²) >= 11 is 0. The van der Waals surface area contributed by atoms with Gasteiger partial charge >= 0.3 is 0 Å². The van der Waals surface area contributed by atoms with Gasteiger partial charge in [-0.2, -0.15) is 0 Å². The highest BCUT2D eigenvalue weighted by molar-refractivity contribution is 14.0. The van der Waals surface area contributed by atoms with Gasteiger partial charge in [0.05, 0.1) is 6.61 Å². The lowest BCUT2D eigenvalue weighted by molar-refractivity contribution is 0.160. The topological polar surface area (TPSA) is 40.1 Å². The van der Waals surface area contributed by atoms with Crippen LogP contribution >= 0.6 is 24.0 Å². The van der Waals surface area contributed by atoms with Crippen molar-refractivity contribution in [1.82, 2.24) is 15.1 Å². The van der Waals surface area contributed by atoms with Gasteiger partial charge in [0, 0.05) is 53.9 Å². The second-order valence-corrected chi connectivity index (χ2v) is 4.36. The number of nitrogens with zero attached hydrogens (tertiary/aromatic N) is 3. The average molecular weight is 356 g/mol. The zero-order valence-electron chi connectivity index (χ0n) is 11.3. The molecular weight excluding hydrogens is 331 g/mol. The van der Waals surface area contributed by atoms with Crippen molar-refractivity contribution < 1.29 is 4.74 Å². The van der Waals surface area contributed by atoms with Crippen molar-refractivity contribution in [2.75, 3.05) is 54.5 Å². The zero-order chi connectivity index (χ0) is 12.0. The lowest BCUT2D eigenvalue weighted by Gasteiger charge is -2.21. The molecule has 1 aliphatic rings. The lowest BCUT2D eigenvalue weighted by atomic mass is 10.3. The minimum absolute atomic E-state index is 0. The minimum atomic E-state index is 0. The number of likely N-dealkylation sites (tertiary alicyclic amines) is 1. The maximum atomic E-state index is 5.09. The van der Waals surface area contributed by atoms with Crippen LogP contribution in [0, 0.1) is 0 Å². The van der Waals surface area contributed by atoms with E-state index in [0.717, 1.165) is 32.2 Å². The largest absolute Gasteiger partial charge is 0.383 e. The van der Waals surface area contributed by atoms with E-state index in [1.165, 1.54) is 6.42 Å². The van der Waals surface area contributed by atoms with E-state index in [1.54, 1.807) is 7.11 Å². The predicted octanol–water partition coefficient (Wildman–Crippen LogP) is 0.462. The quantitative estimate of drug-likeness (QED) is 0.452. The van der Waals surface area contributed by atoms with E-state index in [0.29, 0.717) is 6.04 Å². The molecule has 0 aromatic rings. The van der Waals surface area contributed by atoms with Crippen molar-refractivity contribution in [1.29, 1.82) is 0 Å². The molecule has 0 saturated carbocycles. The van der Waals surface area contributed by atoms with Crippen LogP contribution in [-0.4, -0.2) is 76.3 Å². The van der Waals surface area contributed by atoms with Crippen molar-refractivity contribution in [2.24, 2.45) is 4.99 Å². The molecule has 1 N–H and O–H groups in total. The summed E-state index contributed by atoms with van der Waals surface area (Å²) in [6.45, 7) is 4.06. The highest BCUT2D eigenvalue weighted by Gasteiger charge is 2.22. The molecular formula is C11H25IN4O. The zero-order valence-corrected chi connectivity index (χ0v) is 13.6. The van der Waals surface area contributed by atoms with E-state index in [1.807, 2.05) is 26.0 Å². The number of rotatable bonds is 4. The van der Waals surface area contributed by atoms with Crippen LogP contribution in [0.15, 0.2) is 4.99 Å². The van der Waals surface area contributed by atoms with Gasteiger partial charge in [0.25, 0.3) is 0 Å². The van der Waals surface area contributed by atoms with Crippen LogP contribution in [0.2, 0.25) is 0 Å². The van der Waals surface area contributed by atoms with Crippen LogP contribution in [0.5, 0.6) is 0 Å². The minimum Gasteiger partial charge on any atom is -0.383 e. The number of hydrogen-bond acceptors (Lipinski definition) is 3. The first-order chi connectivity index (χ1) is 7.67. The van der Waals surface area contributed by atoms with Gasteiger partial charge in [-0.25, -0.2) is 0 Å². The molecule has 17 heavy (non-hydrogen) atoms. The van der Waals surface area contributed by atoms with Crippen molar-refractivity contribution in [3.8, 4) is 0 Å². The van der Waals surface area contributed by atoms with E-state index < -0.39 is 0 Å². The molecule has 0 spiro atoms. The molecule has 1 fully saturated rings. The number of halogens is 1. The molecule has 0 aromatic heterocycles. The monoisotopic (exact) mass is 356 g/mol. The highest BCUT2D eigenvalue weighted by atomic mass is 127. The highest BCUT2D eigenvalue weighted by Crippen LogP contribution is 2.08. The summed E-state index contributed by atoms with van der Waals surface area (Å²) in [7, 11) is 7.58. The Morgan fingerprint density at radius 1 is 1.53 bits per heavy atom. The summed E-state index contributed by atoms with van der Waals surface area (Å²) in [4.78, 5) is 8.66. The van der Waals surface area contributed by atoms with E-state index in [-0.39, 0.29) is 24.0 Å². The molecule has 6 heteroatoms. The Morgan fingerprint density at radius 3 is 2.76 bits per heavy atom. The van der Waals surface area contributed by atoms with Gasteiger partial charge in [-0.15, -0.1) is 24.0 Å². The Morgan fingerprint density at radius 2 is 2.24 bits per heavy atom. The third kappa shape index (κ3) is 5.87.